The molecule has 1 unspecified atom stereocenters. The molecule has 2 rings (SSSR count). The SMILES string of the molecule is CCCCC[CH]C1C=CCc2ccccc21. The van der Waals surface area contributed by atoms with Crippen LogP contribution in [-0.4, -0.2) is 0 Å². The van der Waals surface area contributed by atoms with E-state index in [4.69, 9.17) is 0 Å². The molecule has 0 bridgehead atoms. The van der Waals surface area contributed by atoms with Gasteiger partial charge in [0.1, 0.15) is 0 Å². The van der Waals surface area contributed by atoms with Crippen molar-refractivity contribution in [3.8, 4) is 0 Å². The van der Waals surface area contributed by atoms with E-state index in [0.717, 1.165) is 6.42 Å². The van der Waals surface area contributed by atoms with E-state index in [1.807, 2.05) is 0 Å². The number of unbranched alkanes of at least 4 members (excludes halogenated alkanes) is 3. The molecule has 1 aromatic carbocycles. The van der Waals surface area contributed by atoms with Crippen molar-refractivity contribution >= 4 is 0 Å². The van der Waals surface area contributed by atoms with Gasteiger partial charge in [0.15, 0.2) is 0 Å². The summed E-state index contributed by atoms with van der Waals surface area (Å²) < 4.78 is 0. The van der Waals surface area contributed by atoms with Gasteiger partial charge >= 0.3 is 0 Å². The lowest BCUT2D eigenvalue weighted by Gasteiger charge is -2.20. The Kier molecular flexibility index (Phi) is 4.21. The Balaban J connectivity index is 1.94. The molecule has 1 aromatic rings. The molecular formula is C16H21. The third-order valence-corrected chi connectivity index (χ3v) is 3.32. The number of benzene rings is 1. The van der Waals surface area contributed by atoms with Gasteiger partial charge in [-0.1, -0.05) is 62.6 Å². The van der Waals surface area contributed by atoms with Crippen molar-refractivity contribution < 1.29 is 0 Å². The summed E-state index contributed by atoms with van der Waals surface area (Å²) in [7, 11) is 0. The quantitative estimate of drug-likeness (QED) is 0.492. The Bertz CT molecular complexity index is 349. The molecule has 0 heterocycles. The number of fused-ring (bicyclic) bond motifs is 1. The maximum atomic E-state index is 2.48. The number of hydrogen-bond acceptors (Lipinski definition) is 0. The van der Waals surface area contributed by atoms with Crippen LogP contribution in [-0.2, 0) is 6.42 Å². The van der Waals surface area contributed by atoms with Crippen molar-refractivity contribution in [1.29, 1.82) is 0 Å². The van der Waals surface area contributed by atoms with E-state index >= 15 is 0 Å². The van der Waals surface area contributed by atoms with Crippen LogP contribution >= 0.6 is 0 Å². The average Bonchev–Trinajstić information content (AvgIpc) is 2.35. The van der Waals surface area contributed by atoms with Crippen LogP contribution in [0.3, 0.4) is 0 Å². The molecule has 16 heavy (non-hydrogen) atoms. The third kappa shape index (κ3) is 2.75. The second-order valence-corrected chi connectivity index (χ2v) is 4.59. The van der Waals surface area contributed by atoms with Crippen LogP contribution in [0.4, 0.5) is 0 Å². The lowest BCUT2D eigenvalue weighted by molar-refractivity contribution is 0.687. The van der Waals surface area contributed by atoms with Crippen molar-refractivity contribution in [3.05, 3.63) is 54.0 Å². The van der Waals surface area contributed by atoms with Gasteiger partial charge in [-0.25, -0.2) is 0 Å². The molecule has 1 atom stereocenters. The molecule has 0 fully saturated rings. The molecule has 85 valence electrons. The first-order valence-electron chi connectivity index (χ1n) is 6.49. The minimum Gasteiger partial charge on any atom is -0.0835 e. The minimum absolute atomic E-state index is 0.557. The van der Waals surface area contributed by atoms with Crippen molar-refractivity contribution in [3.63, 3.8) is 0 Å². The van der Waals surface area contributed by atoms with Gasteiger partial charge in [-0.2, -0.15) is 0 Å². The maximum absolute atomic E-state index is 2.48. The summed E-state index contributed by atoms with van der Waals surface area (Å²) in [6.07, 6.45) is 13.5. The first-order valence-corrected chi connectivity index (χ1v) is 6.49. The van der Waals surface area contributed by atoms with Gasteiger partial charge in [-0.05, 0) is 30.4 Å². The lowest BCUT2D eigenvalue weighted by atomic mass is 9.85. The zero-order chi connectivity index (χ0) is 11.2. The molecule has 0 spiro atoms. The van der Waals surface area contributed by atoms with Crippen LogP contribution in [0.5, 0.6) is 0 Å². The molecular weight excluding hydrogens is 192 g/mol. The van der Waals surface area contributed by atoms with Crippen LogP contribution in [0.25, 0.3) is 0 Å². The summed E-state index contributed by atoms with van der Waals surface area (Å²) in [6.45, 7) is 2.26. The van der Waals surface area contributed by atoms with Crippen LogP contribution < -0.4 is 0 Å². The minimum atomic E-state index is 0.557. The Morgan fingerprint density at radius 3 is 3.00 bits per heavy atom. The number of hydrogen-bond donors (Lipinski definition) is 0. The summed E-state index contributed by atoms with van der Waals surface area (Å²) >= 11 is 0. The molecule has 0 saturated carbocycles. The van der Waals surface area contributed by atoms with E-state index in [0.29, 0.717) is 5.92 Å². The fourth-order valence-electron chi connectivity index (χ4n) is 2.39. The molecule has 0 heteroatoms. The highest BCUT2D eigenvalue weighted by Gasteiger charge is 2.14. The number of rotatable bonds is 5. The molecule has 0 nitrogen and oxygen atoms in total. The molecule has 0 N–H and O–H groups in total. The highest BCUT2D eigenvalue weighted by atomic mass is 14.2. The van der Waals surface area contributed by atoms with Crippen LogP contribution in [0.2, 0.25) is 0 Å². The smallest absolute Gasteiger partial charge is 0.00521 e. The molecule has 1 aliphatic rings. The van der Waals surface area contributed by atoms with E-state index in [1.165, 1.54) is 36.8 Å². The van der Waals surface area contributed by atoms with E-state index in [2.05, 4.69) is 49.8 Å². The Labute approximate surface area is 99.4 Å². The molecule has 0 saturated heterocycles. The highest BCUT2D eigenvalue weighted by molar-refractivity contribution is 5.39. The maximum Gasteiger partial charge on any atom is 0.00521 e. The first kappa shape index (κ1) is 11.4. The summed E-state index contributed by atoms with van der Waals surface area (Å²) in [6, 6.07) is 8.84. The van der Waals surface area contributed by atoms with Crippen molar-refractivity contribution in [2.45, 2.75) is 44.9 Å². The molecule has 0 amide bonds. The predicted molar refractivity (Wildman–Crippen MR) is 70.5 cm³/mol. The summed E-state index contributed by atoms with van der Waals surface area (Å²) in [5, 5.41) is 0. The van der Waals surface area contributed by atoms with E-state index in [9.17, 15) is 0 Å². The van der Waals surface area contributed by atoms with Gasteiger partial charge < -0.3 is 0 Å². The second kappa shape index (κ2) is 5.89. The van der Waals surface area contributed by atoms with E-state index < -0.39 is 0 Å². The fraction of sp³-hybridized carbons (Fsp3) is 0.438. The largest absolute Gasteiger partial charge is 0.0835 e. The topological polar surface area (TPSA) is 0 Å². The van der Waals surface area contributed by atoms with Gasteiger partial charge in [0.25, 0.3) is 0 Å². The van der Waals surface area contributed by atoms with Crippen LogP contribution in [0.1, 0.15) is 49.7 Å². The molecule has 0 aliphatic heterocycles. The Morgan fingerprint density at radius 2 is 2.12 bits per heavy atom. The van der Waals surface area contributed by atoms with Gasteiger partial charge in [-0.15, -0.1) is 0 Å². The van der Waals surface area contributed by atoms with Crippen molar-refractivity contribution in [1.82, 2.24) is 0 Å². The molecule has 0 aromatic heterocycles. The van der Waals surface area contributed by atoms with Gasteiger partial charge in [0.05, 0.1) is 0 Å². The Hall–Kier alpha value is -1.04. The summed E-state index contributed by atoms with van der Waals surface area (Å²) in [5.41, 5.74) is 3.02. The summed E-state index contributed by atoms with van der Waals surface area (Å²) in [4.78, 5) is 0. The molecule has 1 radical (unpaired) electrons. The summed E-state index contributed by atoms with van der Waals surface area (Å²) in [5.74, 6) is 0.557. The fourth-order valence-corrected chi connectivity index (χ4v) is 2.39. The number of allylic oxidation sites excluding steroid dienone is 2. The monoisotopic (exact) mass is 213 g/mol. The second-order valence-electron chi connectivity index (χ2n) is 4.59. The normalized spacial score (nSPS) is 18.4. The van der Waals surface area contributed by atoms with E-state index in [-0.39, 0.29) is 0 Å². The van der Waals surface area contributed by atoms with E-state index in [1.54, 1.807) is 0 Å². The first-order chi connectivity index (χ1) is 7.92. The Morgan fingerprint density at radius 1 is 1.25 bits per heavy atom. The van der Waals surface area contributed by atoms with Gasteiger partial charge in [0, 0.05) is 5.92 Å². The van der Waals surface area contributed by atoms with Crippen molar-refractivity contribution in [2.75, 3.05) is 0 Å². The lowest BCUT2D eigenvalue weighted by Crippen LogP contribution is -2.05. The van der Waals surface area contributed by atoms with Crippen molar-refractivity contribution in [2.24, 2.45) is 0 Å². The van der Waals surface area contributed by atoms with Crippen LogP contribution in [0, 0.1) is 6.42 Å². The highest BCUT2D eigenvalue weighted by Crippen LogP contribution is 2.30. The predicted octanol–water partition coefficient (Wildman–Crippen LogP) is 4.67. The zero-order valence-electron chi connectivity index (χ0n) is 10.2. The van der Waals surface area contributed by atoms with Crippen LogP contribution in [0.15, 0.2) is 36.4 Å². The van der Waals surface area contributed by atoms with Gasteiger partial charge in [0.2, 0.25) is 0 Å². The molecule has 1 aliphatic carbocycles. The van der Waals surface area contributed by atoms with Gasteiger partial charge in [-0.3, -0.25) is 0 Å². The zero-order valence-corrected chi connectivity index (χ0v) is 10.2. The average molecular weight is 213 g/mol. The standard InChI is InChI=1S/C16H21/c1-2-3-4-5-9-14-11-8-12-15-10-6-7-13-16(14)15/h6-11,13-14H,2-5,12H2,1H3. The third-order valence-electron chi connectivity index (χ3n) is 3.32.